The molecule has 0 radical (unpaired) electrons. The van der Waals surface area contributed by atoms with Crippen LogP contribution in [0, 0.1) is 5.82 Å². The number of rotatable bonds is 2. The lowest BCUT2D eigenvalue weighted by molar-refractivity contribution is 0.628. The first-order valence-electron chi connectivity index (χ1n) is 6.82. The normalized spacial score (nSPS) is 11.0. The van der Waals surface area contributed by atoms with Crippen LogP contribution in [-0.4, -0.2) is 19.9 Å². The average molecular weight is 290 g/mol. The molecule has 4 rings (SSSR count). The molecular weight excluding hydrogens is 279 g/mol. The Labute approximate surface area is 125 Å². The number of benzene rings is 1. The van der Waals surface area contributed by atoms with Crippen LogP contribution in [0.4, 0.5) is 4.39 Å². The molecule has 0 saturated carbocycles. The summed E-state index contributed by atoms with van der Waals surface area (Å²) in [6, 6.07) is 12.0. The zero-order chi connectivity index (χ0) is 14.9. The van der Waals surface area contributed by atoms with Gasteiger partial charge in [-0.3, -0.25) is 9.97 Å². The zero-order valence-electron chi connectivity index (χ0n) is 11.5. The van der Waals surface area contributed by atoms with Crippen LogP contribution >= 0.6 is 0 Å². The van der Waals surface area contributed by atoms with E-state index in [1.807, 2.05) is 18.2 Å². The van der Waals surface area contributed by atoms with Crippen molar-refractivity contribution in [3.63, 3.8) is 0 Å². The summed E-state index contributed by atoms with van der Waals surface area (Å²) >= 11 is 0. The molecule has 5 heteroatoms. The Morgan fingerprint density at radius 2 is 1.68 bits per heavy atom. The van der Waals surface area contributed by atoms with Gasteiger partial charge in [0.2, 0.25) is 0 Å². The molecular formula is C17H11FN4. The Bertz CT molecular complexity index is 930. The van der Waals surface area contributed by atoms with E-state index in [0.717, 1.165) is 22.3 Å². The summed E-state index contributed by atoms with van der Waals surface area (Å²) < 4.78 is 13.0. The monoisotopic (exact) mass is 290 g/mol. The van der Waals surface area contributed by atoms with Gasteiger partial charge in [0.15, 0.2) is 5.65 Å². The van der Waals surface area contributed by atoms with Crippen molar-refractivity contribution in [2.75, 3.05) is 0 Å². The molecule has 0 unspecified atom stereocenters. The van der Waals surface area contributed by atoms with E-state index >= 15 is 0 Å². The Morgan fingerprint density at radius 1 is 0.909 bits per heavy atom. The molecule has 22 heavy (non-hydrogen) atoms. The first kappa shape index (κ1) is 12.6. The summed E-state index contributed by atoms with van der Waals surface area (Å²) in [6.07, 6.45) is 5.18. The highest BCUT2D eigenvalue weighted by atomic mass is 19.1. The molecule has 0 spiro atoms. The number of aromatic amines is 1. The highest BCUT2D eigenvalue weighted by molar-refractivity contribution is 5.81. The molecule has 0 bridgehead atoms. The maximum atomic E-state index is 13.0. The first-order chi connectivity index (χ1) is 10.8. The van der Waals surface area contributed by atoms with Crippen LogP contribution < -0.4 is 0 Å². The molecule has 3 heterocycles. The molecule has 0 aliphatic rings. The Hall–Kier alpha value is -3.08. The summed E-state index contributed by atoms with van der Waals surface area (Å²) in [6.45, 7) is 0. The number of H-pyrrole nitrogens is 1. The van der Waals surface area contributed by atoms with E-state index in [9.17, 15) is 4.39 Å². The maximum absolute atomic E-state index is 13.0. The predicted octanol–water partition coefficient (Wildman–Crippen LogP) is 3.83. The van der Waals surface area contributed by atoms with Crippen LogP contribution in [-0.2, 0) is 0 Å². The van der Waals surface area contributed by atoms with Crippen molar-refractivity contribution in [1.82, 2.24) is 19.9 Å². The van der Waals surface area contributed by atoms with Crippen LogP contribution in [0.3, 0.4) is 0 Å². The highest BCUT2D eigenvalue weighted by Gasteiger charge is 2.07. The van der Waals surface area contributed by atoms with Crippen molar-refractivity contribution in [2.24, 2.45) is 0 Å². The van der Waals surface area contributed by atoms with Gasteiger partial charge < -0.3 is 4.98 Å². The third-order valence-electron chi connectivity index (χ3n) is 3.47. The second-order valence-corrected chi connectivity index (χ2v) is 4.91. The molecule has 0 amide bonds. The Morgan fingerprint density at radius 3 is 2.45 bits per heavy atom. The standard InChI is InChI=1S/C17H11FN4/c18-13-3-1-11(2-4-13)16-10-20-15-9-14(21-17(15)22-16)12-5-7-19-8-6-12/h1-10H,(H,21,22). The fraction of sp³-hybridized carbons (Fsp3) is 0. The van der Waals surface area contributed by atoms with Gasteiger partial charge in [-0.25, -0.2) is 9.37 Å². The third-order valence-corrected chi connectivity index (χ3v) is 3.47. The van der Waals surface area contributed by atoms with Crippen molar-refractivity contribution in [1.29, 1.82) is 0 Å². The lowest BCUT2D eigenvalue weighted by Crippen LogP contribution is -1.87. The molecule has 106 valence electrons. The number of hydrogen-bond acceptors (Lipinski definition) is 3. The summed E-state index contributed by atoms with van der Waals surface area (Å²) in [7, 11) is 0. The van der Waals surface area contributed by atoms with Crippen LogP contribution in [0.25, 0.3) is 33.7 Å². The van der Waals surface area contributed by atoms with Gasteiger partial charge >= 0.3 is 0 Å². The van der Waals surface area contributed by atoms with Gasteiger partial charge in [0.1, 0.15) is 11.3 Å². The minimum Gasteiger partial charge on any atom is -0.338 e. The van der Waals surface area contributed by atoms with Gasteiger partial charge in [-0.05, 0) is 42.5 Å². The molecule has 0 atom stereocenters. The van der Waals surface area contributed by atoms with Crippen LogP contribution in [0.1, 0.15) is 0 Å². The highest BCUT2D eigenvalue weighted by Crippen LogP contribution is 2.24. The Balaban J connectivity index is 1.80. The molecule has 0 fully saturated rings. The van der Waals surface area contributed by atoms with Crippen molar-refractivity contribution in [2.45, 2.75) is 0 Å². The smallest absolute Gasteiger partial charge is 0.157 e. The van der Waals surface area contributed by atoms with Crippen LogP contribution in [0.15, 0.2) is 61.1 Å². The lowest BCUT2D eigenvalue weighted by atomic mass is 10.1. The largest absolute Gasteiger partial charge is 0.338 e. The third kappa shape index (κ3) is 2.22. The average Bonchev–Trinajstić information content (AvgIpc) is 2.99. The topological polar surface area (TPSA) is 54.5 Å². The summed E-state index contributed by atoms with van der Waals surface area (Å²) in [5.74, 6) is -0.266. The molecule has 4 nitrogen and oxygen atoms in total. The molecule has 0 saturated heterocycles. The second-order valence-electron chi connectivity index (χ2n) is 4.91. The van der Waals surface area contributed by atoms with Gasteiger partial charge in [0, 0.05) is 29.2 Å². The van der Waals surface area contributed by atoms with Crippen molar-refractivity contribution in [3.05, 3.63) is 66.9 Å². The minimum absolute atomic E-state index is 0.266. The van der Waals surface area contributed by atoms with E-state index in [0.29, 0.717) is 11.3 Å². The van der Waals surface area contributed by atoms with Crippen LogP contribution in [0.5, 0.6) is 0 Å². The lowest BCUT2D eigenvalue weighted by Gasteiger charge is -2.00. The summed E-state index contributed by atoms with van der Waals surface area (Å²) in [5, 5.41) is 0. The molecule has 3 aromatic heterocycles. The van der Waals surface area contributed by atoms with E-state index in [1.165, 1.54) is 12.1 Å². The van der Waals surface area contributed by atoms with Crippen molar-refractivity contribution >= 4 is 11.2 Å². The summed E-state index contributed by atoms with van der Waals surface area (Å²) in [5.41, 5.74) is 4.99. The van der Waals surface area contributed by atoms with Crippen LogP contribution in [0.2, 0.25) is 0 Å². The quantitative estimate of drug-likeness (QED) is 0.610. The number of hydrogen-bond donors (Lipinski definition) is 1. The fourth-order valence-electron chi connectivity index (χ4n) is 2.34. The molecule has 4 aromatic rings. The van der Waals surface area contributed by atoms with E-state index < -0.39 is 0 Å². The number of halogens is 1. The molecule has 1 aromatic carbocycles. The van der Waals surface area contributed by atoms with E-state index in [4.69, 9.17) is 0 Å². The van der Waals surface area contributed by atoms with E-state index in [2.05, 4.69) is 19.9 Å². The second kappa shape index (κ2) is 5.04. The molecule has 0 aliphatic heterocycles. The molecule has 1 N–H and O–H groups in total. The number of fused-ring (bicyclic) bond motifs is 1. The van der Waals surface area contributed by atoms with Gasteiger partial charge in [-0.2, -0.15) is 0 Å². The maximum Gasteiger partial charge on any atom is 0.157 e. The number of nitrogens with zero attached hydrogens (tertiary/aromatic N) is 3. The number of aromatic nitrogens is 4. The summed E-state index contributed by atoms with van der Waals surface area (Å²) in [4.78, 5) is 16.3. The minimum atomic E-state index is -0.266. The zero-order valence-corrected chi connectivity index (χ0v) is 11.5. The van der Waals surface area contributed by atoms with E-state index in [1.54, 1.807) is 30.7 Å². The predicted molar refractivity (Wildman–Crippen MR) is 82.5 cm³/mol. The van der Waals surface area contributed by atoms with Crippen molar-refractivity contribution in [3.8, 4) is 22.5 Å². The van der Waals surface area contributed by atoms with Gasteiger partial charge in [-0.1, -0.05) is 0 Å². The van der Waals surface area contributed by atoms with Crippen molar-refractivity contribution < 1.29 is 4.39 Å². The SMILES string of the molecule is Fc1ccc(-c2cnc3cc(-c4ccncc4)[nH]c3n2)cc1. The first-order valence-corrected chi connectivity index (χ1v) is 6.82. The fourth-order valence-corrected chi connectivity index (χ4v) is 2.34. The van der Waals surface area contributed by atoms with Gasteiger partial charge in [0.25, 0.3) is 0 Å². The molecule has 0 aliphatic carbocycles. The van der Waals surface area contributed by atoms with Gasteiger partial charge in [-0.15, -0.1) is 0 Å². The Kier molecular flexibility index (Phi) is 2.89. The van der Waals surface area contributed by atoms with E-state index in [-0.39, 0.29) is 5.82 Å². The van der Waals surface area contributed by atoms with Gasteiger partial charge in [0.05, 0.1) is 11.9 Å². The number of nitrogens with one attached hydrogen (secondary N) is 1. The number of pyridine rings is 1.